The normalized spacial score (nSPS) is 39.2. The van der Waals surface area contributed by atoms with Gasteiger partial charge in [-0.2, -0.15) is 0 Å². The first kappa shape index (κ1) is 24.9. The summed E-state index contributed by atoms with van der Waals surface area (Å²) in [7, 11) is 1.49. The van der Waals surface area contributed by atoms with E-state index in [-0.39, 0.29) is 18.3 Å². The molecule has 9 heteroatoms. The molecular weight excluding hydrogens is 420 g/mol. The fourth-order valence-electron chi connectivity index (χ4n) is 5.04. The van der Waals surface area contributed by atoms with Crippen LogP contribution in [-0.2, 0) is 38.1 Å². The third-order valence-corrected chi connectivity index (χ3v) is 6.91. The van der Waals surface area contributed by atoms with Crippen LogP contribution in [0.1, 0.15) is 60.3 Å². The molecule has 3 aliphatic rings. The van der Waals surface area contributed by atoms with Gasteiger partial charge in [0.05, 0.1) is 36.4 Å². The van der Waals surface area contributed by atoms with Crippen molar-refractivity contribution in [3.63, 3.8) is 0 Å². The summed E-state index contributed by atoms with van der Waals surface area (Å²) in [6.45, 7) is 8.38. The lowest BCUT2D eigenvalue weighted by atomic mass is 9.78. The zero-order valence-corrected chi connectivity index (χ0v) is 19.8. The van der Waals surface area contributed by atoms with Gasteiger partial charge in [-0.05, 0) is 13.3 Å². The first-order valence-corrected chi connectivity index (χ1v) is 11.4. The zero-order valence-electron chi connectivity index (χ0n) is 19.8. The highest BCUT2D eigenvalue weighted by molar-refractivity contribution is 5.74. The summed E-state index contributed by atoms with van der Waals surface area (Å²) in [6, 6.07) is 0. The van der Waals surface area contributed by atoms with Gasteiger partial charge in [0.15, 0.2) is 5.79 Å². The fourth-order valence-corrected chi connectivity index (χ4v) is 5.04. The van der Waals surface area contributed by atoms with Crippen LogP contribution in [0.15, 0.2) is 0 Å². The number of aliphatic hydroxyl groups excluding tert-OH is 1. The first-order chi connectivity index (χ1) is 14.9. The number of fused-ring (bicyclic) bond motifs is 3. The Morgan fingerprint density at radius 2 is 1.75 bits per heavy atom. The van der Waals surface area contributed by atoms with Crippen LogP contribution in [0.3, 0.4) is 0 Å². The summed E-state index contributed by atoms with van der Waals surface area (Å²) in [5.74, 6) is -4.69. The first-order valence-electron chi connectivity index (χ1n) is 11.4. The third-order valence-electron chi connectivity index (χ3n) is 6.91. The Bertz CT molecular complexity index is 735. The molecule has 0 amide bonds. The molecule has 0 radical (unpaired) electrons. The van der Waals surface area contributed by atoms with Gasteiger partial charge in [-0.25, -0.2) is 0 Å². The van der Waals surface area contributed by atoms with E-state index < -0.39 is 66.0 Å². The smallest absolute Gasteiger partial charge is 0.308 e. The molecule has 3 fully saturated rings. The van der Waals surface area contributed by atoms with Crippen molar-refractivity contribution in [2.45, 2.75) is 90.0 Å². The highest BCUT2D eigenvalue weighted by Crippen LogP contribution is 2.51. The van der Waals surface area contributed by atoms with Gasteiger partial charge in [-0.15, -0.1) is 0 Å². The quantitative estimate of drug-likeness (QED) is 0.473. The minimum absolute atomic E-state index is 0.0185. The summed E-state index contributed by atoms with van der Waals surface area (Å²) in [4.78, 5) is 37.6. The molecule has 0 aromatic carbocycles. The second-order valence-electron chi connectivity index (χ2n) is 10.1. The summed E-state index contributed by atoms with van der Waals surface area (Å²) in [6.07, 6.45) is -1.22. The molecule has 2 bridgehead atoms. The van der Waals surface area contributed by atoms with Crippen molar-refractivity contribution in [2.24, 2.45) is 23.7 Å². The van der Waals surface area contributed by atoms with Crippen LogP contribution in [0, 0.1) is 23.7 Å². The van der Waals surface area contributed by atoms with Gasteiger partial charge < -0.3 is 28.8 Å². The average molecular weight is 457 g/mol. The number of ether oxygens (including phenoxy) is 5. The molecule has 0 aromatic rings. The van der Waals surface area contributed by atoms with Crippen LogP contribution in [0.4, 0.5) is 0 Å². The molecule has 182 valence electrons. The number of rotatable bonds is 6. The lowest BCUT2D eigenvalue weighted by Gasteiger charge is -2.41. The van der Waals surface area contributed by atoms with Crippen molar-refractivity contribution in [1.29, 1.82) is 0 Å². The molecule has 0 saturated carbocycles. The van der Waals surface area contributed by atoms with Gasteiger partial charge in [0.2, 0.25) is 0 Å². The van der Waals surface area contributed by atoms with Gasteiger partial charge >= 0.3 is 17.9 Å². The molecule has 3 saturated heterocycles. The van der Waals surface area contributed by atoms with Crippen LogP contribution in [0.2, 0.25) is 0 Å². The maximum absolute atomic E-state index is 12.6. The number of methoxy groups -OCH3 is 1. The molecular formula is C23H36O9. The Morgan fingerprint density at radius 3 is 2.31 bits per heavy atom. The number of carbonyl (C=O) groups is 3. The third kappa shape index (κ3) is 4.65. The fraction of sp³-hybridized carbons (Fsp3) is 0.870. The van der Waals surface area contributed by atoms with Gasteiger partial charge in [-0.3, -0.25) is 14.4 Å². The number of esters is 3. The zero-order chi connectivity index (χ0) is 23.8. The number of aliphatic hydroxyl groups is 1. The molecule has 0 unspecified atom stereocenters. The van der Waals surface area contributed by atoms with Crippen LogP contribution in [0.25, 0.3) is 0 Å². The van der Waals surface area contributed by atoms with E-state index in [4.69, 9.17) is 23.7 Å². The molecule has 0 spiro atoms. The molecule has 32 heavy (non-hydrogen) atoms. The number of carbonyl (C=O) groups excluding carboxylic acids is 3. The van der Waals surface area contributed by atoms with Crippen molar-refractivity contribution >= 4 is 17.9 Å². The average Bonchev–Trinajstić information content (AvgIpc) is 3.27. The lowest BCUT2D eigenvalue weighted by Crippen LogP contribution is -2.54. The predicted molar refractivity (Wildman–Crippen MR) is 111 cm³/mol. The molecule has 3 heterocycles. The lowest BCUT2D eigenvalue weighted by molar-refractivity contribution is -0.288. The minimum atomic E-state index is -1.23. The summed E-state index contributed by atoms with van der Waals surface area (Å²) in [5.41, 5.74) is -0.724. The molecule has 3 aliphatic heterocycles. The van der Waals surface area contributed by atoms with E-state index in [2.05, 4.69) is 0 Å². The van der Waals surface area contributed by atoms with E-state index in [0.29, 0.717) is 19.3 Å². The molecule has 0 aliphatic carbocycles. The van der Waals surface area contributed by atoms with Gasteiger partial charge in [0.25, 0.3) is 0 Å². The highest BCUT2D eigenvalue weighted by Gasteiger charge is 2.62. The van der Waals surface area contributed by atoms with Gasteiger partial charge in [0.1, 0.15) is 18.3 Å². The standard InChI is InChI=1S/C23H36O9/c1-12(2)20(26)29-16-10-22(5)7-8-23(28-6,32-22)15(11-24)19(31-21(27)13(3)4)18-14(16)9-17(25)30-18/h12-16,18-19,24H,7-11H2,1-6H3/t14-,15-,16-,18+,19-,22+,23-/m1/s1. The van der Waals surface area contributed by atoms with E-state index in [1.165, 1.54) is 7.11 Å². The van der Waals surface area contributed by atoms with E-state index in [1.54, 1.807) is 27.7 Å². The number of hydrogen-bond acceptors (Lipinski definition) is 9. The monoisotopic (exact) mass is 456 g/mol. The Morgan fingerprint density at radius 1 is 1.12 bits per heavy atom. The van der Waals surface area contributed by atoms with Crippen molar-refractivity contribution in [3.05, 3.63) is 0 Å². The Kier molecular flexibility index (Phi) is 7.22. The van der Waals surface area contributed by atoms with Crippen LogP contribution in [0.5, 0.6) is 0 Å². The maximum atomic E-state index is 12.6. The Balaban J connectivity index is 2.09. The van der Waals surface area contributed by atoms with Crippen molar-refractivity contribution in [1.82, 2.24) is 0 Å². The largest absolute Gasteiger partial charge is 0.462 e. The molecule has 1 N–H and O–H groups in total. The van der Waals surface area contributed by atoms with Gasteiger partial charge in [-0.1, -0.05) is 27.7 Å². The second kappa shape index (κ2) is 9.27. The SMILES string of the molecule is CO[C@@]12CC[C@@](C)(C[C@@H](OC(=O)C(C)C)[C@H]3CC(=O)O[C@@H]3[C@H](OC(=O)C(C)C)[C@H]1CO)O2. The van der Waals surface area contributed by atoms with E-state index in [1.807, 2.05) is 6.92 Å². The van der Waals surface area contributed by atoms with E-state index in [9.17, 15) is 19.5 Å². The maximum Gasteiger partial charge on any atom is 0.308 e. The van der Waals surface area contributed by atoms with E-state index in [0.717, 1.165) is 0 Å². The second-order valence-corrected chi connectivity index (χ2v) is 10.1. The summed E-state index contributed by atoms with van der Waals surface area (Å²) >= 11 is 0. The minimum Gasteiger partial charge on any atom is -0.462 e. The van der Waals surface area contributed by atoms with Crippen LogP contribution < -0.4 is 0 Å². The molecule has 7 atom stereocenters. The Labute approximate surface area is 189 Å². The van der Waals surface area contributed by atoms with Crippen molar-refractivity contribution < 1.29 is 43.2 Å². The summed E-state index contributed by atoms with van der Waals surface area (Å²) in [5, 5.41) is 10.4. The number of hydrogen-bond donors (Lipinski definition) is 1. The summed E-state index contributed by atoms with van der Waals surface area (Å²) < 4.78 is 29.6. The molecule has 9 nitrogen and oxygen atoms in total. The van der Waals surface area contributed by atoms with Crippen LogP contribution >= 0.6 is 0 Å². The highest BCUT2D eigenvalue weighted by atomic mass is 16.7. The molecule has 0 aromatic heterocycles. The molecule has 3 rings (SSSR count). The van der Waals surface area contributed by atoms with Crippen molar-refractivity contribution in [2.75, 3.05) is 13.7 Å². The van der Waals surface area contributed by atoms with E-state index >= 15 is 0 Å². The van der Waals surface area contributed by atoms with Gasteiger partial charge in [0, 0.05) is 25.9 Å². The van der Waals surface area contributed by atoms with Crippen LogP contribution in [-0.4, -0.2) is 66.4 Å². The van der Waals surface area contributed by atoms with Crippen molar-refractivity contribution in [3.8, 4) is 0 Å². The Hall–Kier alpha value is -1.71. The topological polar surface area (TPSA) is 118 Å². The predicted octanol–water partition coefficient (Wildman–Crippen LogP) is 1.98.